The van der Waals surface area contributed by atoms with Crippen molar-refractivity contribution in [2.45, 2.75) is 6.92 Å². The average Bonchev–Trinajstić information content (AvgIpc) is 2.28. The van der Waals surface area contributed by atoms with Gasteiger partial charge in [0.2, 0.25) is 0 Å². The Morgan fingerprint density at radius 3 is 2.44 bits per heavy atom. The first-order valence-electron chi connectivity index (χ1n) is 5.14. The third-order valence-electron chi connectivity index (χ3n) is 2.05. The van der Waals surface area contributed by atoms with Crippen molar-refractivity contribution in [1.82, 2.24) is 4.72 Å². The monoisotopic (exact) mass is 243 g/mol. The van der Waals surface area contributed by atoms with Gasteiger partial charge in [-0.15, -0.1) is 0 Å². The van der Waals surface area contributed by atoms with Crippen molar-refractivity contribution < 1.29 is 8.42 Å². The second-order valence-electron chi connectivity index (χ2n) is 3.19. The fourth-order valence-electron chi connectivity index (χ4n) is 1.35. The Bertz CT molecular complexity index is 405. The van der Waals surface area contributed by atoms with Crippen LogP contribution in [0.25, 0.3) is 0 Å². The molecule has 6 heteroatoms. The van der Waals surface area contributed by atoms with Gasteiger partial charge in [0.15, 0.2) is 0 Å². The highest BCUT2D eigenvalue weighted by atomic mass is 32.2. The van der Waals surface area contributed by atoms with Crippen LogP contribution in [0.3, 0.4) is 0 Å². The van der Waals surface area contributed by atoms with Crippen LogP contribution in [0.15, 0.2) is 30.3 Å². The summed E-state index contributed by atoms with van der Waals surface area (Å²) in [5.41, 5.74) is 5.92. The lowest BCUT2D eigenvalue weighted by Crippen LogP contribution is -2.42. The zero-order valence-corrected chi connectivity index (χ0v) is 10.1. The second-order valence-corrected chi connectivity index (χ2v) is 4.87. The van der Waals surface area contributed by atoms with Crippen molar-refractivity contribution >= 4 is 15.9 Å². The summed E-state index contributed by atoms with van der Waals surface area (Å²) in [7, 11) is -3.48. The maximum absolute atomic E-state index is 11.9. The molecule has 0 fully saturated rings. The summed E-state index contributed by atoms with van der Waals surface area (Å²) in [5, 5.41) is 0. The summed E-state index contributed by atoms with van der Waals surface area (Å²) < 4.78 is 27.5. The smallest absolute Gasteiger partial charge is 0.301 e. The SMILES string of the molecule is CCN(c1ccccc1)S(=O)(=O)NCCN. The largest absolute Gasteiger partial charge is 0.329 e. The van der Waals surface area contributed by atoms with Crippen molar-refractivity contribution in [3.05, 3.63) is 30.3 Å². The molecule has 0 saturated carbocycles. The van der Waals surface area contributed by atoms with E-state index in [1.807, 2.05) is 6.07 Å². The molecule has 0 atom stereocenters. The van der Waals surface area contributed by atoms with Gasteiger partial charge in [0, 0.05) is 19.6 Å². The van der Waals surface area contributed by atoms with Crippen LogP contribution in [-0.2, 0) is 10.2 Å². The molecule has 1 aromatic carbocycles. The number of para-hydroxylation sites is 1. The summed E-state index contributed by atoms with van der Waals surface area (Å²) in [6.45, 7) is 2.69. The molecule has 0 amide bonds. The van der Waals surface area contributed by atoms with Gasteiger partial charge >= 0.3 is 10.2 Å². The number of nitrogens with two attached hydrogens (primary N) is 1. The molecule has 3 N–H and O–H groups in total. The number of nitrogens with zero attached hydrogens (tertiary/aromatic N) is 1. The number of hydrogen-bond acceptors (Lipinski definition) is 3. The first kappa shape index (κ1) is 13.0. The van der Waals surface area contributed by atoms with Crippen LogP contribution < -0.4 is 14.8 Å². The summed E-state index contributed by atoms with van der Waals surface area (Å²) >= 11 is 0. The van der Waals surface area contributed by atoms with Crippen LogP contribution in [0.2, 0.25) is 0 Å². The number of rotatable bonds is 6. The molecule has 0 spiro atoms. The van der Waals surface area contributed by atoms with Crippen LogP contribution in [-0.4, -0.2) is 28.1 Å². The molecule has 0 saturated heterocycles. The van der Waals surface area contributed by atoms with Crippen molar-refractivity contribution in [2.75, 3.05) is 23.9 Å². The van der Waals surface area contributed by atoms with Crippen LogP contribution in [0.1, 0.15) is 6.92 Å². The quantitative estimate of drug-likeness (QED) is 0.755. The minimum Gasteiger partial charge on any atom is -0.329 e. The number of benzene rings is 1. The first-order valence-corrected chi connectivity index (χ1v) is 6.58. The molecule has 0 aliphatic heterocycles. The first-order chi connectivity index (χ1) is 7.61. The lowest BCUT2D eigenvalue weighted by Gasteiger charge is -2.22. The van der Waals surface area contributed by atoms with E-state index in [1.165, 1.54) is 4.31 Å². The lowest BCUT2D eigenvalue weighted by molar-refractivity contribution is 0.578. The second kappa shape index (κ2) is 5.83. The standard InChI is InChI=1S/C10H17N3O2S/c1-2-13(10-6-4-3-5-7-10)16(14,15)12-9-8-11/h3-7,12H,2,8-9,11H2,1H3. The Labute approximate surface area is 96.4 Å². The molecule has 0 heterocycles. The zero-order valence-electron chi connectivity index (χ0n) is 9.26. The van der Waals surface area contributed by atoms with Crippen LogP contribution in [0.4, 0.5) is 5.69 Å². The molecule has 16 heavy (non-hydrogen) atoms. The molecular weight excluding hydrogens is 226 g/mol. The highest BCUT2D eigenvalue weighted by Gasteiger charge is 2.19. The van der Waals surface area contributed by atoms with E-state index < -0.39 is 10.2 Å². The van der Waals surface area contributed by atoms with Gasteiger partial charge in [-0.2, -0.15) is 13.1 Å². The van der Waals surface area contributed by atoms with Gasteiger partial charge in [-0.1, -0.05) is 18.2 Å². The predicted octanol–water partition coefficient (Wildman–Crippen LogP) is 0.306. The Morgan fingerprint density at radius 1 is 1.31 bits per heavy atom. The van der Waals surface area contributed by atoms with E-state index in [0.717, 1.165) is 0 Å². The van der Waals surface area contributed by atoms with Gasteiger partial charge in [0.05, 0.1) is 5.69 Å². The van der Waals surface area contributed by atoms with Gasteiger partial charge in [-0.25, -0.2) is 0 Å². The molecule has 1 rings (SSSR count). The number of nitrogens with one attached hydrogen (secondary N) is 1. The Hall–Kier alpha value is -1.11. The minimum absolute atomic E-state index is 0.242. The van der Waals surface area contributed by atoms with Gasteiger partial charge in [-0.05, 0) is 19.1 Å². The topological polar surface area (TPSA) is 75.4 Å². The highest BCUT2D eigenvalue weighted by Crippen LogP contribution is 2.15. The maximum Gasteiger partial charge on any atom is 0.301 e. The van der Waals surface area contributed by atoms with Crippen LogP contribution >= 0.6 is 0 Å². The molecule has 0 radical (unpaired) electrons. The van der Waals surface area contributed by atoms with Gasteiger partial charge in [0.1, 0.15) is 0 Å². The van der Waals surface area contributed by atoms with Crippen molar-refractivity contribution in [3.63, 3.8) is 0 Å². The fraction of sp³-hybridized carbons (Fsp3) is 0.400. The third kappa shape index (κ3) is 3.19. The van der Waals surface area contributed by atoms with Gasteiger partial charge in [-0.3, -0.25) is 4.31 Å². The van der Waals surface area contributed by atoms with Crippen molar-refractivity contribution in [3.8, 4) is 0 Å². The molecule has 0 aliphatic rings. The molecule has 0 bridgehead atoms. The van der Waals surface area contributed by atoms with Crippen LogP contribution in [0.5, 0.6) is 0 Å². The summed E-state index contributed by atoms with van der Waals surface area (Å²) in [5.74, 6) is 0. The molecule has 0 aliphatic carbocycles. The molecule has 1 aromatic rings. The van der Waals surface area contributed by atoms with E-state index in [9.17, 15) is 8.42 Å². The summed E-state index contributed by atoms with van der Waals surface area (Å²) in [6.07, 6.45) is 0. The summed E-state index contributed by atoms with van der Waals surface area (Å²) in [4.78, 5) is 0. The maximum atomic E-state index is 11.9. The fourth-order valence-corrected chi connectivity index (χ4v) is 2.62. The van der Waals surface area contributed by atoms with Gasteiger partial charge in [0.25, 0.3) is 0 Å². The summed E-state index contributed by atoms with van der Waals surface area (Å²) in [6, 6.07) is 8.96. The van der Waals surface area contributed by atoms with Crippen molar-refractivity contribution in [2.24, 2.45) is 5.73 Å². The van der Waals surface area contributed by atoms with E-state index in [1.54, 1.807) is 31.2 Å². The van der Waals surface area contributed by atoms with E-state index in [2.05, 4.69) is 4.72 Å². The molecule has 5 nitrogen and oxygen atoms in total. The highest BCUT2D eigenvalue weighted by molar-refractivity contribution is 7.90. The Balaban J connectivity index is 2.90. The minimum atomic E-state index is -3.48. The van der Waals surface area contributed by atoms with E-state index in [-0.39, 0.29) is 13.1 Å². The van der Waals surface area contributed by atoms with Crippen molar-refractivity contribution in [1.29, 1.82) is 0 Å². The lowest BCUT2D eigenvalue weighted by atomic mass is 10.3. The average molecular weight is 243 g/mol. The normalized spacial score (nSPS) is 11.4. The number of hydrogen-bond donors (Lipinski definition) is 2. The predicted molar refractivity (Wildman–Crippen MR) is 65.4 cm³/mol. The van der Waals surface area contributed by atoms with Crippen LogP contribution in [0, 0.1) is 0 Å². The Kier molecular flexibility index (Phi) is 4.72. The molecular formula is C10H17N3O2S. The molecule has 90 valence electrons. The third-order valence-corrected chi connectivity index (χ3v) is 3.67. The number of anilines is 1. The van der Waals surface area contributed by atoms with E-state index in [0.29, 0.717) is 12.2 Å². The molecule has 0 unspecified atom stereocenters. The van der Waals surface area contributed by atoms with Gasteiger partial charge < -0.3 is 5.73 Å². The zero-order chi connectivity index (χ0) is 12.0. The molecule has 0 aromatic heterocycles. The van der Waals surface area contributed by atoms with E-state index >= 15 is 0 Å². The Morgan fingerprint density at radius 2 is 1.94 bits per heavy atom. The van der Waals surface area contributed by atoms with E-state index in [4.69, 9.17) is 5.73 Å².